The molecule has 1 aromatic heterocycles. The molecule has 0 radical (unpaired) electrons. The van der Waals surface area contributed by atoms with Crippen LogP contribution in [0.5, 0.6) is 0 Å². The Hall–Kier alpha value is -1.59. The minimum absolute atomic E-state index is 0.169. The standard InChI is InChI=1S/C12H17N3O2/c1-7(6-13)11(14-2)8-3-4-10-9(5-8)15-12(16)17-10/h3-5,7,11,14H,6,13H2,1-2H3,(H,15,16). The quantitative estimate of drug-likeness (QED) is 0.737. The number of fused-ring (bicyclic) bond motifs is 1. The minimum Gasteiger partial charge on any atom is -0.408 e. The molecule has 0 saturated carbocycles. The van der Waals surface area contributed by atoms with Crippen LogP contribution in [-0.4, -0.2) is 18.6 Å². The van der Waals surface area contributed by atoms with E-state index in [4.69, 9.17) is 10.2 Å². The number of oxazole rings is 1. The van der Waals surface area contributed by atoms with E-state index < -0.39 is 5.76 Å². The van der Waals surface area contributed by atoms with Gasteiger partial charge in [-0.05, 0) is 37.2 Å². The van der Waals surface area contributed by atoms with E-state index in [9.17, 15) is 4.79 Å². The topological polar surface area (TPSA) is 84.0 Å². The SMILES string of the molecule is CNC(c1ccc2oc(=O)[nH]c2c1)C(C)CN. The molecule has 0 saturated heterocycles. The van der Waals surface area contributed by atoms with Gasteiger partial charge in [-0.2, -0.15) is 0 Å². The van der Waals surface area contributed by atoms with Gasteiger partial charge in [0.25, 0.3) is 0 Å². The smallest absolute Gasteiger partial charge is 0.408 e. The van der Waals surface area contributed by atoms with Crippen molar-refractivity contribution in [3.05, 3.63) is 34.3 Å². The number of hydrogen-bond donors (Lipinski definition) is 3. The van der Waals surface area contributed by atoms with Crippen LogP contribution in [0.3, 0.4) is 0 Å². The number of H-pyrrole nitrogens is 1. The summed E-state index contributed by atoms with van der Waals surface area (Å²) in [6, 6.07) is 5.85. The van der Waals surface area contributed by atoms with Crippen LogP contribution >= 0.6 is 0 Å². The molecule has 1 heterocycles. The summed E-state index contributed by atoms with van der Waals surface area (Å²) in [5.74, 6) is -0.110. The number of aromatic nitrogens is 1. The highest BCUT2D eigenvalue weighted by atomic mass is 16.4. The van der Waals surface area contributed by atoms with Crippen LogP contribution in [0.2, 0.25) is 0 Å². The van der Waals surface area contributed by atoms with Gasteiger partial charge < -0.3 is 15.5 Å². The van der Waals surface area contributed by atoms with E-state index >= 15 is 0 Å². The van der Waals surface area contributed by atoms with Crippen molar-refractivity contribution in [1.29, 1.82) is 0 Å². The summed E-state index contributed by atoms with van der Waals surface area (Å²) in [6.45, 7) is 2.69. The molecule has 0 bridgehead atoms. The summed E-state index contributed by atoms with van der Waals surface area (Å²) >= 11 is 0. The van der Waals surface area contributed by atoms with E-state index in [1.54, 1.807) is 6.07 Å². The van der Waals surface area contributed by atoms with Crippen molar-refractivity contribution in [2.75, 3.05) is 13.6 Å². The highest BCUT2D eigenvalue weighted by Crippen LogP contribution is 2.23. The summed E-state index contributed by atoms with van der Waals surface area (Å²) < 4.78 is 4.97. The van der Waals surface area contributed by atoms with E-state index in [2.05, 4.69) is 17.2 Å². The van der Waals surface area contributed by atoms with Crippen molar-refractivity contribution in [2.24, 2.45) is 11.7 Å². The second-order valence-electron chi connectivity index (χ2n) is 4.25. The molecule has 0 spiro atoms. The normalized spacial score (nSPS) is 15.0. The molecular formula is C12H17N3O2. The highest BCUT2D eigenvalue weighted by molar-refractivity contribution is 5.72. The third-order valence-corrected chi connectivity index (χ3v) is 3.05. The molecule has 5 nitrogen and oxygen atoms in total. The molecule has 0 aliphatic rings. The zero-order chi connectivity index (χ0) is 12.4. The van der Waals surface area contributed by atoms with Gasteiger partial charge in [0.2, 0.25) is 0 Å². The van der Waals surface area contributed by atoms with Crippen molar-refractivity contribution < 1.29 is 4.42 Å². The first-order valence-electron chi connectivity index (χ1n) is 5.65. The van der Waals surface area contributed by atoms with Gasteiger partial charge in [-0.1, -0.05) is 13.0 Å². The first-order valence-corrected chi connectivity index (χ1v) is 5.65. The minimum atomic E-state index is -0.426. The lowest BCUT2D eigenvalue weighted by Crippen LogP contribution is -2.28. The molecule has 1 aromatic carbocycles. The summed E-state index contributed by atoms with van der Waals surface area (Å²) in [5.41, 5.74) is 8.08. The number of aromatic amines is 1. The Bertz CT molecular complexity index is 558. The third-order valence-electron chi connectivity index (χ3n) is 3.05. The van der Waals surface area contributed by atoms with E-state index in [-0.39, 0.29) is 6.04 Å². The fourth-order valence-electron chi connectivity index (χ4n) is 2.08. The van der Waals surface area contributed by atoms with Crippen molar-refractivity contribution in [1.82, 2.24) is 10.3 Å². The van der Waals surface area contributed by atoms with Crippen molar-refractivity contribution in [3.63, 3.8) is 0 Å². The molecule has 0 aliphatic carbocycles. The molecule has 92 valence electrons. The zero-order valence-corrected chi connectivity index (χ0v) is 9.99. The summed E-state index contributed by atoms with van der Waals surface area (Å²) in [6.07, 6.45) is 0. The highest BCUT2D eigenvalue weighted by Gasteiger charge is 2.17. The monoisotopic (exact) mass is 235 g/mol. The second kappa shape index (κ2) is 4.73. The summed E-state index contributed by atoms with van der Waals surface area (Å²) in [7, 11) is 1.90. The molecular weight excluding hydrogens is 218 g/mol. The predicted molar refractivity (Wildman–Crippen MR) is 66.9 cm³/mol. The first kappa shape index (κ1) is 11.9. The summed E-state index contributed by atoms with van der Waals surface area (Å²) in [5, 5.41) is 3.24. The molecule has 2 aromatic rings. The zero-order valence-electron chi connectivity index (χ0n) is 9.99. The molecule has 0 fully saturated rings. The van der Waals surface area contributed by atoms with Crippen LogP contribution in [0, 0.1) is 5.92 Å². The van der Waals surface area contributed by atoms with Gasteiger partial charge in [-0.25, -0.2) is 4.79 Å². The fourth-order valence-corrected chi connectivity index (χ4v) is 2.08. The molecule has 17 heavy (non-hydrogen) atoms. The van der Waals surface area contributed by atoms with Gasteiger partial charge in [0.1, 0.15) is 0 Å². The predicted octanol–water partition coefficient (Wildman–Crippen LogP) is 0.976. The van der Waals surface area contributed by atoms with Crippen LogP contribution in [0.1, 0.15) is 18.5 Å². The van der Waals surface area contributed by atoms with E-state index in [0.717, 1.165) is 11.1 Å². The Morgan fingerprint density at radius 1 is 1.53 bits per heavy atom. The van der Waals surface area contributed by atoms with Crippen molar-refractivity contribution in [2.45, 2.75) is 13.0 Å². The lowest BCUT2D eigenvalue weighted by molar-refractivity contribution is 0.420. The summed E-state index contributed by atoms with van der Waals surface area (Å²) in [4.78, 5) is 13.7. The molecule has 5 heteroatoms. The van der Waals surface area contributed by atoms with Gasteiger partial charge in [-0.3, -0.25) is 4.98 Å². The maximum absolute atomic E-state index is 11.1. The Balaban J connectivity index is 2.43. The average molecular weight is 235 g/mol. The molecule has 0 amide bonds. The Morgan fingerprint density at radius 3 is 2.94 bits per heavy atom. The van der Waals surface area contributed by atoms with E-state index in [0.29, 0.717) is 18.0 Å². The van der Waals surface area contributed by atoms with Crippen LogP contribution in [0.25, 0.3) is 11.1 Å². The number of rotatable bonds is 4. The molecule has 2 rings (SSSR count). The van der Waals surface area contributed by atoms with E-state index in [1.807, 2.05) is 19.2 Å². The lowest BCUT2D eigenvalue weighted by atomic mass is 9.94. The first-order chi connectivity index (χ1) is 8.15. The number of hydrogen-bond acceptors (Lipinski definition) is 4. The molecule has 2 unspecified atom stereocenters. The Labute approximate surface area is 99.0 Å². The Kier molecular flexibility index (Phi) is 3.31. The van der Waals surface area contributed by atoms with Crippen LogP contribution in [-0.2, 0) is 0 Å². The Morgan fingerprint density at radius 2 is 2.29 bits per heavy atom. The van der Waals surface area contributed by atoms with Crippen LogP contribution in [0.15, 0.2) is 27.4 Å². The van der Waals surface area contributed by atoms with Crippen molar-refractivity contribution >= 4 is 11.1 Å². The van der Waals surface area contributed by atoms with Gasteiger partial charge in [-0.15, -0.1) is 0 Å². The number of benzene rings is 1. The number of nitrogens with two attached hydrogens (primary N) is 1. The van der Waals surface area contributed by atoms with Crippen molar-refractivity contribution in [3.8, 4) is 0 Å². The second-order valence-corrected chi connectivity index (χ2v) is 4.25. The van der Waals surface area contributed by atoms with Gasteiger partial charge in [0.05, 0.1) is 5.52 Å². The van der Waals surface area contributed by atoms with Gasteiger partial charge in [0.15, 0.2) is 5.58 Å². The molecule has 0 aliphatic heterocycles. The van der Waals surface area contributed by atoms with Crippen LogP contribution in [0.4, 0.5) is 0 Å². The van der Waals surface area contributed by atoms with Crippen LogP contribution < -0.4 is 16.8 Å². The molecule has 2 atom stereocenters. The maximum Gasteiger partial charge on any atom is 0.417 e. The number of nitrogens with one attached hydrogen (secondary N) is 2. The van der Waals surface area contributed by atoms with Gasteiger partial charge >= 0.3 is 5.76 Å². The molecule has 4 N–H and O–H groups in total. The fraction of sp³-hybridized carbons (Fsp3) is 0.417. The van der Waals surface area contributed by atoms with Gasteiger partial charge in [0, 0.05) is 6.04 Å². The maximum atomic E-state index is 11.1. The van der Waals surface area contributed by atoms with E-state index in [1.165, 1.54) is 0 Å². The lowest BCUT2D eigenvalue weighted by Gasteiger charge is -2.22. The largest absolute Gasteiger partial charge is 0.417 e. The third kappa shape index (κ3) is 2.25. The average Bonchev–Trinajstić information content (AvgIpc) is 2.69.